The summed E-state index contributed by atoms with van der Waals surface area (Å²) in [5.74, 6) is 0.780. The monoisotopic (exact) mass is 179 g/mol. The van der Waals surface area contributed by atoms with Gasteiger partial charge in [0.05, 0.1) is 13.2 Å². The number of rotatable bonds is 4. The van der Waals surface area contributed by atoms with Crippen molar-refractivity contribution in [1.29, 1.82) is 0 Å². The highest BCUT2D eigenvalue weighted by Gasteiger charge is 2.41. The van der Waals surface area contributed by atoms with Crippen LogP contribution in [-0.4, -0.2) is 27.2 Å². The molecule has 1 fully saturated rings. The summed E-state index contributed by atoms with van der Waals surface area (Å²) in [4.78, 5) is 8.18. The predicted octanol–water partition coefficient (Wildman–Crippen LogP) is 0.0911. The molecular weight excluding hydrogens is 166 g/mol. The van der Waals surface area contributed by atoms with Crippen molar-refractivity contribution in [2.45, 2.75) is 24.9 Å². The molecule has 2 N–H and O–H groups in total. The van der Waals surface area contributed by atoms with Gasteiger partial charge in [-0.25, -0.2) is 9.97 Å². The molecule has 0 unspecified atom stereocenters. The molecule has 13 heavy (non-hydrogen) atoms. The van der Waals surface area contributed by atoms with E-state index in [1.165, 1.54) is 0 Å². The maximum Gasteiger partial charge on any atom is 0.141 e. The first-order chi connectivity index (χ1) is 6.35. The first-order valence-corrected chi connectivity index (χ1v) is 4.46. The van der Waals surface area contributed by atoms with E-state index in [0.717, 1.165) is 18.7 Å². The van der Waals surface area contributed by atoms with Gasteiger partial charge in [0.25, 0.3) is 0 Å². The van der Waals surface area contributed by atoms with Crippen LogP contribution in [-0.2, 0) is 6.54 Å². The standard InChI is InChI=1S/C9H13N3O/c13-7-9(2-3-9)12-6-8-10-4-1-5-11-8/h1,4-5,12-13H,2-3,6-7H2. The van der Waals surface area contributed by atoms with E-state index in [9.17, 15) is 0 Å². The molecule has 1 heterocycles. The number of hydrogen-bond acceptors (Lipinski definition) is 4. The third-order valence-electron chi connectivity index (χ3n) is 2.40. The molecule has 0 atom stereocenters. The lowest BCUT2D eigenvalue weighted by atomic mass is 10.3. The molecule has 0 saturated heterocycles. The molecule has 1 saturated carbocycles. The summed E-state index contributed by atoms with van der Waals surface area (Å²) in [6.45, 7) is 0.848. The van der Waals surface area contributed by atoms with Gasteiger partial charge in [-0.15, -0.1) is 0 Å². The van der Waals surface area contributed by atoms with Gasteiger partial charge in [-0.3, -0.25) is 0 Å². The van der Waals surface area contributed by atoms with Crippen LogP contribution >= 0.6 is 0 Å². The topological polar surface area (TPSA) is 58.0 Å². The Hall–Kier alpha value is -1.00. The van der Waals surface area contributed by atoms with E-state index >= 15 is 0 Å². The van der Waals surface area contributed by atoms with Gasteiger partial charge >= 0.3 is 0 Å². The molecule has 0 amide bonds. The third kappa shape index (κ3) is 2.02. The molecule has 0 spiro atoms. The lowest BCUT2D eigenvalue weighted by Crippen LogP contribution is -2.34. The summed E-state index contributed by atoms with van der Waals surface area (Å²) in [6.07, 6.45) is 5.55. The van der Waals surface area contributed by atoms with Crippen molar-refractivity contribution < 1.29 is 5.11 Å². The fourth-order valence-corrected chi connectivity index (χ4v) is 1.23. The van der Waals surface area contributed by atoms with Crippen molar-refractivity contribution in [2.75, 3.05) is 6.61 Å². The van der Waals surface area contributed by atoms with E-state index in [2.05, 4.69) is 15.3 Å². The molecule has 1 aliphatic rings. The molecule has 0 aromatic carbocycles. The summed E-state index contributed by atoms with van der Waals surface area (Å²) in [7, 11) is 0. The van der Waals surface area contributed by atoms with Crippen LogP contribution in [0.3, 0.4) is 0 Å². The summed E-state index contributed by atoms with van der Waals surface area (Å²) in [5, 5.41) is 12.3. The highest BCUT2D eigenvalue weighted by atomic mass is 16.3. The zero-order chi connectivity index (χ0) is 9.15. The molecule has 0 bridgehead atoms. The van der Waals surface area contributed by atoms with Gasteiger partial charge in [0.1, 0.15) is 5.82 Å². The molecule has 70 valence electrons. The van der Waals surface area contributed by atoms with Crippen LogP contribution in [0, 0.1) is 0 Å². The Morgan fingerprint density at radius 3 is 2.62 bits per heavy atom. The molecule has 1 aromatic heterocycles. The Bertz CT molecular complexity index is 271. The summed E-state index contributed by atoms with van der Waals surface area (Å²) in [5.41, 5.74) is -0.0286. The average molecular weight is 179 g/mol. The smallest absolute Gasteiger partial charge is 0.141 e. The van der Waals surface area contributed by atoms with Crippen LogP contribution in [0.5, 0.6) is 0 Å². The number of aliphatic hydroxyl groups is 1. The predicted molar refractivity (Wildman–Crippen MR) is 47.9 cm³/mol. The fourth-order valence-electron chi connectivity index (χ4n) is 1.23. The van der Waals surface area contributed by atoms with Gasteiger partial charge in [-0.1, -0.05) is 0 Å². The van der Waals surface area contributed by atoms with Crippen molar-refractivity contribution in [3.05, 3.63) is 24.3 Å². The molecule has 1 aromatic rings. The molecule has 2 rings (SSSR count). The number of aromatic nitrogens is 2. The van der Waals surface area contributed by atoms with Crippen LogP contribution in [0.1, 0.15) is 18.7 Å². The highest BCUT2D eigenvalue weighted by Crippen LogP contribution is 2.34. The maximum atomic E-state index is 9.03. The second kappa shape index (κ2) is 3.40. The van der Waals surface area contributed by atoms with Gasteiger partial charge < -0.3 is 10.4 Å². The zero-order valence-corrected chi connectivity index (χ0v) is 7.40. The van der Waals surface area contributed by atoms with E-state index < -0.39 is 0 Å². The van der Waals surface area contributed by atoms with E-state index in [1.807, 2.05) is 0 Å². The number of aliphatic hydroxyl groups excluding tert-OH is 1. The Kier molecular flexibility index (Phi) is 2.24. The average Bonchev–Trinajstić information content (AvgIpc) is 2.97. The molecule has 4 nitrogen and oxygen atoms in total. The minimum atomic E-state index is -0.0286. The van der Waals surface area contributed by atoms with E-state index in [-0.39, 0.29) is 12.1 Å². The van der Waals surface area contributed by atoms with E-state index in [0.29, 0.717) is 6.54 Å². The van der Waals surface area contributed by atoms with Crippen LogP contribution < -0.4 is 5.32 Å². The van der Waals surface area contributed by atoms with Crippen molar-refractivity contribution in [3.63, 3.8) is 0 Å². The normalized spacial score (nSPS) is 18.5. The minimum absolute atomic E-state index is 0.0286. The van der Waals surface area contributed by atoms with Gasteiger partial charge in [-0.2, -0.15) is 0 Å². The van der Waals surface area contributed by atoms with Crippen LogP contribution in [0.2, 0.25) is 0 Å². The van der Waals surface area contributed by atoms with Gasteiger partial charge in [0.2, 0.25) is 0 Å². The van der Waals surface area contributed by atoms with Crippen LogP contribution in [0.4, 0.5) is 0 Å². The lowest BCUT2D eigenvalue weighted by Gasteiger charge is -2.12. The Morgan fingerprint density at radius 2 is 2.08 bits per heavy atom. The molecule has 0 aliphatic heterocycles. The van der Waals surface area contributed by atoms with Gasteiger partial charge in [-0.05, 0) is 18.9 Å². The van der Waals surface area contributed by atoms with Gasteiger partial charge in [0.15, 0.2) is 0 Å². The minimum Gasteiger partial charge on any atom is -0.394 e. The Balaban J connectivity index is 1.86. The van der Waals surface area contributed by atoms with Crippen LogP contribution in [0.15, 0.2) is 18.5 Å². The van der Waals surface area contributed by atoms with Crippen molar-refractivity contribution in [3.8, 4) is 0 Å². The molecule has 4 heteroatoms. The first-order valence-electron chi connectivity index (χ1n) is 4.46. The number of hydrogen-bond donors (Lipinski definition) is 2. The van der Waals surface area contributed by atoms with Crippen molar-refractivity contribution in [1.82, 2.24) is 15.3 Å². The van der Waals surface area contributed by atoms with E-state index in [4.69, 9.17) is 5.11 Å². The summed E-state index contributed by atoms with van der Waals surface area (Å²) in [6, 6.07) is 1.79. The van der Waals surface area contributed by atoms with Gasteiger partial charge in [0, 0.05) is 17.9 Å². The largest absolute Gasteiger partial charge is 0.394 e. The Labute approximate surface area is 77.0 Å². The maximum absolute atomic E-state index is 9.03. The molecule has 1 aliphatic carbocycles. The van der Waals surface area contributed by atoms with Crippen LogP contribution in [0.25, 0.3) is 0 Å². The zero-order valence-electron chi connectivity index (χ0n) is 7.40. The van der Waals surface area contributed by atoms with E-state index in [1.54, 1.807) is 18.5 Å². The second-order valence-electron chi connectivity index (χ2n) is 3.46. The first kappa shape index (κ1) is 8.59. The second-order valence-corrected chi connectivity index (χ2v) is 3.46. The van der Waals surface area contributed by atoms with Crippen molar-refractivity contribution >= 4 is 0 Å². The third-order valence-corrected chi connectivity index (χ3v) is 2.40. The molecular formula is C9H13N3O. The Morgan fingerprint density at radius 1 is 1.38 bits per heavy atom. The van der Waals surface area contributed by atoms with Crippen molar-refractivity contribution in [2.24, 2.45) is 0 Å². The number of nitrogens with zero attached hydrogens (tertiary/aromatic N) is 2. The summed E-state index contributed by atoms with van der Waals surface area (Å²) >= 11 is 0. The number of nitrogens with one attached hydrogen (secondary N) is 1. The lowest BCUT2D eigenvalue weighted by molar-refractivity contribution is 0.229. The summed E-state index contributed by atoms with van der Waals surface area (Å²) < 4.78 is 0. The SMILES string of the molecule is OCC1(NCc2ncccn2)CC1. The highest BCUT2D eigenvalue weighted by molar-refractivity contribution is 5.02. The molecule has 0 radical (unpaired) electrons. The quantitative estimate of drug-likeness (QED) is 0.687. The fraction of sp³-hybridized carbons (Fsp3) is 0.556.